The van der Waals surface area contributed by atoms with Gasteiger partial charge in [-0.05, 0) is 30.5 Å². The summed E-state index contributed by atoms with van der Waals surface area (Å²) in [7, 11) is 1.65. The van der Waals surface area contributed by atoms with E-state index in [9.17, 15) is 9.59 Å². The van der Waals surface area contributed by atoms with Crippen molar-refractivity contribution < 1.29 is 14.7 Å². The molecule has 1 rings (SSSR count). The summed E-state index contributed by atoms with van der Waals surface area (Å²) in [5, 5.41) is 8.51. The molecule has 5 heteroatoms. The van der Waals surface area contributed by atoms with Crippen molar-refractivity contribution in [2.75, 3.05) is 18.2 Å². The van der Waals surface area contributed by atoms with Gasteiger partial charge in [0.15, 0.2) is 0 Å². The van der Waals surface area contributed by atoms with E-state index >= 15 is 0 Å². The molecule has 4 nitrogen and oxygen atoms in total. The van der Waals surface area contributed by atoms with Crippen LogP contribution in [-0.4, -0.2) is 30.3 Å². The number of nitrogens with zero attached hydrogens (tertiary/aromatic N) is 1. The summed E-state index contributed by atoms with van der Waals surface area (Å²) in [6.45, 7) is 0. The third-order valence-corrected chi connectivity index (χ3v) is 3.13. The predicted molar refractivity (Wildman–Crippen MR) is 68.5 cm³/mol. The highest BCUT2D eigenvalue weighted by Crippen LogP contribution is 2.20. The van der Waals surface area contributed by atoms with Crippen LogP contribution in [-0.2, 0) is 9.59 Å². The highest BCUT2D eigenvalue weighted by molar-refractivity contribution is 7.98. The normalized spacial score (nSPS) is 10.0. The standard InChI is InChI=1S/C12H15NO3S/c1-13(11(14)7-8-12(15)16)9-3-5-10(17-2)6-4-9/h3-6H,7-8H2,1-2H3,(H,15,16). The van der Waals surface area contributed by atoms with Gasteiger partial charge in [-0.15, -0.1) is 11.8 Å². The molecule has 0 aliphatic heterocycles. The maximum absolute atomic E-state index is 11.7. The number of carbonyl (C=O) groups excluding carboxylic acids is 1. The molecule has 1 aromatic rings. The Kier molecular flexibility index (Phi) is 5.03. The first-order valence-corrected chi connectivity index (χ1v) is 6.39. The molecule has 17 heavy (non-hydrogen) atoms. The van der Waals surface area contributed by atoms with Crippen LogP contribution >= 0.6 is 11.8 Å². The third-order valence-electron chi connectivity index (χ3n) is 2.39. The van der Waals surface area contributed by atoms with E-state index < -0.39 is 5.97 Å². The van der Waals surface area contributed by atoms with Gasteiger partial charge >= 0.3 is 5.97 Å². The number of aliphatic carboxylic acids is 1. The number of anilines is 1. The number of carbonyl (C=O) groups is 2. The summed E-state index contributed by atoms with van der Waals surface area (Å²) in [4.78, 5) is 24.6. The molecule has 0 aliphatic carbocycles. The number of hydrogen-bond acceptors (Lipinski definition) is 3. The van der Waals surface area contributed by atoms with Crippen LogP contribution in [0.2, 0.25) is 0 Å². The van der Waals surface area contributed by atoms with Gasteiger partial charge in [0.1, 0.15) is 0 Å². The molecule has 1 N–H and O–H groups in total. The van der Waals surface area contributed by atoms with Crippen molar-refractivity contribution in [3.05, 3.63) is 24.3 Å². The van der Waals surface area contributed by atoms with Gasteiger partial charge in [-0.25, -0.2) is 0 Å². The number of amides is 1. The maximum Gasteiger partial charge on any atom is 0.303 e. The molecule has 0 aromatic heterocycles. The van der Waals surface area contributed by atoms with Crippen molar-refractivity contribution in [1.82, 2.24) is 0 Å². The zero-order valence-electron chi connectivity index (χ0n) is 9.84. The second-order valence-electron chi connectivity index (χ2n) is 3.54. The van der Waals surface area contributed by atoms with E-state index in [1.54, 1.807) is 18.8 Å². The van der Waals surface area contributed by atoms with Crippen molar-refractivity contribution in [1.29, 1.82) is 0 Å². The predicted octanol–water partition coefficient (Wildman–Crippen LogP) is 2.24. The monoisotopic (exact) mass is 253 g/mol. The molecule has 0 heterocycles. The van der Waals surface area contributed by atoms with Gasteiger partial charge in [0.05, 0.1) is 6.42 Å². The zero-order chi connectivity index (χ0) is 12.8. The zero-order valence-corrected chi connectivity index (χ0v) is 10.7. The molecule has 0 unspecified atom stereocenters. The molecule has 1 amide bonds. The Bertz CT molecular complexity index is 403. The first-order chi connectivity index (χ1) is 8.04. The molecular weight excluding hydrogens is 238 g/mol. The van der Waals surface area contributed by atoms with Crippen LogP contribution in [0.15, 0.2) is 29.2 Å². The van der Waals surface area contributed by atoms with Crippen LogP contribution in [0.4, 0.5) is 5.69 Å². The minimum atomic E-state index is -0.954. The smallest absolute Gasteiger partial charge is 0.303 e. The van der Waals surface area contributed by atoms with E-state index in [4.69, 9.17) is 5.11 Å². The first-order valence-electron chi connectivity index (χ1n) is 5.17. The fourth-order valence-electron chi connectivity index (χ4n) is 1.33. The van der Waals surface area contributed by atoms with E-state index in [1.807, 2.05) is 30.5 Å². The van der Waals surface area contributed by atoms with E-state index in [0.29, 0.717) is 0 Å². The van der Waals surface area contributed by atoms with Crippen molar-refractivity contribution in [2.45, 2.75) is 17.7 Å². The summed E-state index contributed by atoms with van der Waals surface area (Å²) in [6, 6.07) is 7.57. The molecule has 0 bridgehead atoms. The summed E-state index contributed by atoms with van der Waals surface area (Å²) < 4.78 is 0. The van der Waals surface area contributed by atoms with E-state index in [0.717, 1.165) is 10.6 Å². The Balaban J connectivity index is 2.64. The van der Waals surface area contributed by atoms with Crippen LogP contribution in [0, 0.1) is 0 Å². The van der Waals surface area contributed by atoms with Crippen molar-refractivity contribution in [3.63, 3.8) is 0 Å². The van der Waals surface area contributed by atoms with Crippen LogP contribution in [0.5, 0.6) is 0 Å². The van der Waals surface area contributed by atoms with Crippen molar-refractivity contribution >= 4 is 29.3 Å². The van der Waals surface area contributed by atoms with Crippen LogP contribution in [0.1, 0.15) is 12.8 Å². The lowest BCUT2D eigenvalue weighted by Gasteiger charge is -2.17. The summed E-state index contributed by atoms with van der Waals surface area (Å²) in [5.41, 5.74) is 0.776. The van der Waals surface area contributed by atoms with E-state index in [1.165, 1.54) is 4.90 Å². The lowest BCUT2D eigenvalue weighted by atomic mass is 10.2. The minimum Gasteiger partial charge on any atom is -0.481 e. The Morgan fingerprint density at radius 1 is 1.24 bits per heavy atom. The van der Waals surface area contributed by atoms with Gasteiger partial charge in [0, 0.05) is 24.1 Å². The quantitative estimate of drug-likeness (QED) is 0.818. The van der Waals surface area contributed by atoms with Crippen LogP contribution < -0.4 is 4.90 Å². The molecule has 92 valence electrons. The van der Waals surface area contributed by atoms with Gasteiger partial charge in [0.2, 0.25) is 5.91 Å². The molecule has 0 spiro atoms. The number of thioether (sulfide) groups is 1. The molecule has 0 saturated carbocycles. The molecular formula is C12H15NO3S. The summed E-state index contributed by atoms with van der Waals surface area (Å²) >= 11 is 1.63. The topological polar surface area (TPSA) is 57.6 Å². The van der Waals surface area contributed by atoms with Crippen LogP contribution in [0.25, 0.3) is 0 Å². The molecule has 0 atom stereocenters. The fraction of sp³-hybridized carbons (Fsp3) is 0.333. The highest BCUT2D eigenvalue weighted by atomic mass is 32.2. The summed E-state index contributed by atoms with van der Waals surface area (Å²) in [5.74, 6) is -1.14. The molecule has 1 aromatic carbocycles. The lowest BCUT2D eigenvalue weighted by Crippen LogP contribution is -2.26. The molecule has 0 aliphatic rings. The lowest BCUT2D eigenvalue weighted by molar-refractivity contribution is -0.138. The van der Waals surface area contributed by atoms with E-state index in [-0.39, 0.29) is 18.7 Å². The summed E-state index contributed by atoms with van der Waals surface area (Å²) in [6.07, 6.45) is 1.87. The van der Waals surface area contributed by atoms with Gasteiger partial charge in [-0.2, -0.15) is 0 Å². The Labute approximate surface area is 105 Å². The van der Waals surface area contributed by atoms with Crippen molar-refractivity contribution in [3.8, 4) is 0 Å². The average Bonchev–Trinajstić information content (AvgIpc) is 2.35. The van der Waals surface area contributed by atoms with Gasteiger partial charge in [-0.3, -0.25) is 9.59 Å². The average molecular weight is 253 g/mol. The number of carboxylic acid groups (broad SMARTS) is 1. The van der Waals surface area contributed by atoms with Gasteiger partial charge < -0.3 is 10.0 Å². The Morgan fingerprint density at radius 2 is 1.82 bits per heavy atom. The second kappa shape index (κ2) is 6.30. The SMILES string of the molecule is CSc1ccc(N(C)C(=O)CCC(=O)O)cc1. The second-order valence-corrected chi connectivity index (χ2v) is 4.42. The van der Waals surface area contributed by atoms with Crippen molar-refractivity contribution in [2.24, 2.45) is 0 Å². The maximum atomic E-state index is 11.7. The number of hydrogen-bond donors (Lipinski definition) is 1. The minimum absolute atomic E-state index is 0.0239. The highest BCUT2D eigenvalue weighted by Gasteiger charge is 2.12. The van der Waals surface area contributed by atoms with Gasteiger partial charge in [-0.1, -0.05) is 0 Å². The molecule has 0 saturated heterocycles. The first kappa shape index (κ1) is 13.6. The molecule has 0 fully saturated rings. The number of carboxylic acids is 1. The van der Waals surface area contributed by atoms with E-state index in [2.05, 4.69) is 0 Å². The van der Waals surface area contributed by atoms with Crippen LogP contribution in [0.3, 0.4) is 0 Å². The number of rotatable bonds is 5. The molecule has 0 radical (unpaired) electrons. The Hall–Kier alpha value is -1.49. The van der Waals surface area contributed by atoms with Gasteiger partial charge in [0.25, 0.3) is 0 Å². The largest absolute Gasteiger partial charge is 0.481 e. The number of benzene rings is 1. The third kappa shape index (κ3) is 4.11. The fourth-order valence-corrected chi connectivity index (χ4v) is 1.74. The Morgan fingerprint density at radius 3 is 2.29 bits per heavy atom.